The average Bonchev–Trinajstić information content (AvgIpc) is 2.91. The Labute approximate surface area is 102 Å². The molecule has 2 heterocycles. The van der Waals surface area contributed by atoms with E-state index >= 15 is 0 Å². The number of carbonyl (C=O) groups is 2. The first-order valence-electron chi connectivity index (χ1n) is 5.25. The third-order valence-electron chi connectivity index (χ3n) is 2.76. The molecular weight excluding hydrogens is 234 g/mol. The molecule has 17 heavy (non-hydrogen) atoms. The number of amides is 1. The third kappa shape index (κ3) is 1.57. The van der Waals surface area contributed by atoms with E-state index < -0.39 is 5.91 Å². The van der Waals surface area contributed by atoms with Crippen LogP contribution in [0.2, 0.25) is 0 Å². The fourth-order valence-corrected chi connectivity index (χ4v) is 2.76. The van der Waals surface area contributed by atoms with E-state index in [2.05, 4.69) is 0 Å². The summed E-state index contributed by atoms with van der Waals surface area (Å²) >= 11 is 1.33. The monoisotopic (exact) mass is 243 g/mol. The zero-order chi connectivity index (χ0) is 11.8. The quantitative estimate of drug-likeness (QED) is 0.760. The van der Waals surface area contributed by atoms with Gasteiger partial charge in [-0.05, 0) is 17.0 Å². The maximum atomic E-state index is 11.8. The summed E-state index contributed by atoms with van der Waals surface area (Å²) in [5.74, 6) is -0.804. The number of carbonyl (C=O) groups excluding carboxylic acids is 2. The van der Waals surface area contributed by atoms with Crippen LogP contribution >= 0.6 is 11.3 Å². The molecule has 2 aromatic rings. The number of thiophene rings is 1. The van der Waals surface area contributed by atoms with Gasteiger partial charge in [0.2, 0.25) is 0 Å². The summed E-state index contributed by atoms with van der Waals surface area (Å²) in [7, 11) is 0. The highest BCUT2D eigenvalue weighted by molar-refractivity contribution is 7.14. The molecule has 0 fully saturated rings. The van der Waals surface area contributed by atoms with E-state index in [0.717, 1.165) is 11.3 Å². The van der Waals surface area contributed by atoms with Crippen LogP contribution in [0.1, 0.15) is 15.2 Å². The fourth-order valence-electron chi connectivity index (χ4n) is 1.94. The van der Waals surface area contributed by atoms with Gasteiger partial charge in [0.15, 0.2) is 0 Å². The molecule has 1 aliphatic heterocycles. The Bertz CT molecular complexity index is 588. The molecule has 0 radical (unpaired) electrons. The molecule has 0 atom stereocenters. The molecule has 0 aliphatic carbocycles. The molecule has 84 valence electrons. The van der Waals surface area contributed by atoms with Crippen molar-refractivity contribution in [1.82, 2.24) is 0 Å². The van der Waals surface area contributed by atoms with Gasteiger partial charge in [-0.2, -0.15) is 0 Å². The first kappa shape index (κ1) is 10.2. The minimum absolute atomic E-state index is 0.383. The number of hydrogen-bond acceptors (Lipinski definition) is 3. The van der Waals surface area contributed by atoms with Crippen molar-refractivity contribution in [3.63, 3.8) is 0 Å². The van der Waals surface area contributed by atoms with Gasteiger partial charge in [0.1, 0.15) is 4.88 Å². The van der Waals surface area contributed by atoms with Gasteiger partial charge in [0.05, 0.1) is 12.2 Å². The lowest BCUT2D eigenvalue weighted by Gasteiger charge is -2.15. The number of rotatable bonds is 2. The number of Topliss-reactive ketones (excluding diaryl/α,β-unsaturated/α-hetero) is 1. The van der Waals surface area contributed by atoms with Crippen LogP contribution in [0.4, 0.5) is 5.69 Å². The minimum atomic E-state index is -0.421. The Hall–Kier alpha value is -1.94. The molecule has 0 N–H and O–H groups in total. The lowest BCUT2D eigenvalue weighted by molar-refractivity contribution is -0.114. The number of fused-ring (bicyclic) bond motifs is 1. The molecular formula is C13H9NO2S. The van der Waals surface area contributed by atoms with Crippen molar-refractivity contribution in [3.05, 3.63) is 52.2 Å². The molecule has 1 aromatic heterocycles. The summed E-state index contributed by atoms with van der Waals surface area (Å²) in [6.07, 6.45) is 0. The largest absolute Gasteiger partial charge is 0.300 e. The van der Waals surface area contributed by atoms with E-state index in [4.69, 9.17) is 0 Å². The van der Waals surface area contributed by atoms with Crippen molar-refractivity contribution >= 4 is 28.7 Å². The second-order valence-corrected chi connectivity index (χ2v) is 4.76. The van der Waals surface area contributed by atoms with Crippen molar-refractivity contribution in [3.8, 4) is 0 Å². The predicted octanol–water partition coefficient (Wildman–Crippen LogP) is 2.48. The van der Waals surface area contributed by atoms with E-state index in [1.165, 1.54) is 11.3 Å². The van der Waals surface area contributed by atoms with Gasteiger partial charge in [-0.15, -0.1) is 11.3 Å². The van der Waals surface area contributed by atoms with Crippen molar-refractivity contribution < 1.29 is 9.59 Å². The van der Waals surface area contributed by atoms with Gasteiger partial charge in [0, 0.05) is 0 Å². The second kappa shape index (κ2) is 3.82. The first-order valence-corrected chi connectivity index (χ1v) is 6.13. The van der Waals surface area contributed by atoms with Gasteiger partial charge < -0.3 is 0 Å². The van der Waals surface area contributed by atoms with Crippen LogP contribution in [0.5, 0.6) is 0 Å². The van der Waals surface area contributed by atoms with Crippen molar-refractivity contribution in [2.45, 2.75) is 6.54 Å². The number of benzene rings is 1. The maximum absolute atomic E-state index is 11.8. The van der Waals surface area contributed by atoms with Crippen molar-refractivity contribution in [1.29, 1.82) is 0 Å². The zero-order valence-corrected chi connectivity index (χ0v) is 9.74. The van der Waals surface area contributed by atoms with Gasteiger partial charge in [-0.1, -0.05) is 30.3 Å². The van der Waals surface area contributed by atoms with E-state index in [1.54, 1.807) is 4.90 Å². The molecule has 0 saturated carbocycles. The minimum Gasteiger partial charge on any atom is -0.299 e. The smallest absolute Gasteiger partial charge is 0.299 e. The molecule has 1 amide bonds. The predicted molar refractivity (Wildman–Crippen MR) is 66.3 cm³/mol. The Morgan fingerprint density at radius 3 is 2.59 bits per heavy atom. The normalized spacial score (nSPS) is 14.2. The van der Waals surface area contributed by atoms with Crippen LogP contribution in [0, 0.1) is 0 Å². The van der Waals surface area contributed by atoms with Gasteiger partial charge in [-0.3, -0.25) is 14.5 Å². The third-order valence-corrected chi connectivity index (χ3v) is 3.67. The lowest BCUT2D eigenvalue weighted by Crippen LogP contribution is -2.29. The van der Waals surface area contributed by atoms with Crippen molar-refractivity contribution in [2.24, 2.45) is 0 Å². The van der Waals surface area contributed by atoms with E-state index in [1.807, 2.05) is 41.8 Å². The van der Waals surface area contributed by atoms with Crippen LogP contribution in [-0.4, -0.2) is 11.7 Å². The van der Waals surface area contributed by atoms with E-state index in [9.17, 15) is 9.59 Å². The Kier molecular flexibility index (Phi) is 2.30. The molecule has 0 bridgehead atoms. The van der Waals surface area contributed by atoms with Crippen LogP contribution in [-0.2, 0) is 11.3 Å². The average molecular weight is 243 g/mol. The van der Waals surface area contributed by atoms with Gasteiger partial charge >= 0.3 is 5.91 Å². The van der Waals surface area contributed by atoms with Crippen LogP contribution in [0.15, 0.2) is 41.8 Å². The highest BCUT2D eigenvalue weighted by Crippen LogP contribution is 2.34. The van der Waals surface area contributed by atoms with Crippen LogP contribution < -0.4 is 4.90 Å². The van der Waals surface area contributed by atoms with Crippen LogP contribution in [0.25, 0.3) is 0 Å². The number of nitrogens with zero attached hydrogens (tertiary/aromatic N) is 1. The molecule has 1 aliphatic rings. The molecule has 0 unspecified atom stereocenters. The topological polar surface area (TPSA) is 37.4 Å². The SMILES string of the molecule is O=C1C(=O)N(Cc2ccccc2)c2ccsc21. The molecule has 3 rings (SSSR count). The summed E-state index contributed by atoms with van der Waals surface area (Å²) in [6, 6.07) is 11.5. The molecule has 4 heteroatoms. The zero-order valence-electron chi connectivity index (χ0n) is 8.92. The summed E-state index contributed by atoms with van der Waals surface area (Å²) in [5.41, 5.74) is 1.77. The Morgan fingerprint density at radius 2 is 1.82 bits per heavy atom. The molecule has 0 spiro atoms. The standard InChI is InChI=1S/C13H9NO2S/c15-11-12-10(6-7-17-12)14(13(11)16)8-9-4-2-1-3-5-9/h1-7H,8H2. The number of anilines is 1. The first-order chi connectivity index (χ1) is 8.27. The number of ketones is 1. The summed E-state index contributed by atoms with van der Waals surface area (Å²) in [6.45, 7) is 0.454. The second-order valence-electron chi connectivity index (χ2n) is 3.84. The highest BCUT2D eigenvalue weighted by Gasteiger charge is 2.36. The van der Waals surface area contributed by atoms with E-state index in [0.29, 0.717) is 11.4 Å². The number of hydrogen-bond donors (Lipinski definition) is 0. The molecule has 3 nitrogen and oxygen atoms in total. The Balaban J connectivity index is 1.95. The maximum Gasteiger partial charge on any atom is 0.300 e. The molecule has 0 saturated heterocycles. The summed E-state index contributed by atoms with van der Waals surface area (Å²) in [4.78, 5) is 25.6. The Morgan fingerprint density at radius 1 is 1.06 bits per heavy atom. The lowest BCUT2D eigenvalue weighted by atomic mass is 10.2. The summed E-state index contributed by atoms with van der Waals surface area (Å²) < 4.78 is 0. The van der Waals surface area contributed by atoms with Crippen molar-refractivity contribution in [2.75, 3.05) is 4.90 Å². The summed E-state index contributed by atoms with van der Waals surface area (Å²) in [5, 5.41) is 1.84. The van der Waals surface area contributed by atoms with Crippen LogP contribution in [0.3, 0.4) is 0 Å². The van der Waals surface area contributed by atoms with Gasteiger partial charge in [0.25, 0.3) is 5.78 Å². The molecule has 1 aromatic carbocycles. The van der Waals surface area contributed by atoms with Gasteiger partial charge in [-0.25, -0.2) is 0 Å². The van der Waals surface area contributed by atoms with E-state index in [-0.39, 0.29) is 5.78 Å². The fraction of sp³-hybridized carbons (Fsp3) is 0.0769. The highest BCUT2D eigenvalue weighted by atomic mass is 32.1.